The Morgan fingerprint density at radius 3 is 2.88 bits per heavy atom. The second kappa shape index (κ2) is 4.13. The smallest absolute Gasteiger partial charge is 0.273 e. The van der Waals surface area contributed by atoms with Crippen LogP contribution in [0.4, 0.5) is 4.39 Å². The van der Waals surface area contributed by atoms with Crippen molar-refractivity contribution in [1.29, 1.82) is 0 Å². The second-order valence-electron chi connectivity index (χ2n) is 4.92. The standard InChI is InChI=1S/C12H15FN2O2/c13-8-2-1-3-9(8)14-12(16)10-6-11(17-15-10)7-4-5-7/h6-9H,1-5H2,(H,14,16). The third-order valence-corrected chi connectivity index (χ3v) is 3.49. The SMILES string of the molecule is O=C(NC1CCCC1F)c1cc(C2CC2)on1. The quantitative estimate of drug-likeness (QED) is 0.878. The lowest BCUT2D eigenvalue weighted by molar-refractivity contribution is 0.0910. The van der Waals surface area contributed by atoms with Crippen LogP contribution >= 0.6 is 0 Å². The van der Waals surface area contributed by atoms with E-state index >= 15 is 0 Å². The molecule has 1 aromatic heterocycles. The van der Waals surface area contributed by atoms with Gasteiger partial charge in [-0.3, -0.25) is 4.79 Å². The minimum absolute atomic E-state index is 0.269. The topological polar surface area (TPSA) is 55.1 Å². The lowest BCUT2D eigenvalue weighted by Crippen LogP contribution is -2.38. The van der Waals surface area contributed by atoms with E-state index in [4.69, 9.17) is 4.52 Å². The van der Waals surface area contributed by atoms with Crippen molar-refractivity contribution in [2.24, 2.45) is 0 Å². The maximum absolute atomic E-state index is 13.3. The van der Waals surface area contributed by atoms with Gasteiger partial charge in [-0.1, -0.05) is 5.16 Å². The van der Waals surface area contributed by atoms with Crippen molar-refractivity contribution in [2.75, 3.05) is 0 Å². The van der Waals surface area contributed by atoms with Gasteiger partial charge >= 0.3 is 0 Å². The van der Waals surface area contributed by atoms with Gasteiger partial charge in [0.25, 0.3) is 5.91 Å². The molecule has 0 saturated heterocycles. The maximum atomic E-state index is 13.3. The molecule has 1 heterocycles. The van der Waals surface area contributed by atoms with Gasteiger partial charge in [0.15, 0.2) is 5.69 Å². The summed E-state index contributed by atoms with van der Waals surface area (Å²) in [6.07, 6.45) is 3.36. The van der Waals surface area contributed by atoms with Crippen LogP contribution < -0.4 is 5.32 Å². The van der Waals surface area contributed by atoms with Crippen molar-refractivity contribution in [3.05, 3.63) is 17.5 Å². The van der Waals surface area contributed by atoms with E-state index in [1.165, 1.54) is 0 Å². The lowest BCUT2D eigenvalue weighted by Gasteiger charge is -2.13. The van der Waals surface area contributed by atoms with E-state index in [2.05, 4.69) is 10.5 Å². The minimum atomic E-state index is -0.922. The molecule has 2 aliphatic carbocycles. The summed E-state index contributed by atoms with van der Waals surface area (Å²) in [6.45, 7) is 0. The van der Waals surface area contributed by atoms with Gasteiger partial charge < -0.3 is 9.84 Å². The highest BCUT2D eigenvalue weighted by Crippen LogP contribution is 2.40. The molecule has 0 aliphatic heterocycles. The number of carbonyl (C=O) groups is 1. The normalized spacial score (nSPS) is 28.3. The molecular formula is C12H15FN2O2. The van der Waals surface area contributed by atoms with Crippen LogP contribution in [0, 0.1) is 0 Å². The van der Waals surface area contributed by atoms with Crippen LogP contribution in [-0.4, -0.2) is 23.3 Å². The van der Waals surface area contributed by atoms with Gasteiger partial charge in [-0.25, -0.2) is 4.39 Å². The Balaban J connectivity index is 1.64. The molecule has 0 radical (unpaired) electrons. The zero-order chi connectivity index (χ0) is 11.8. The van der Waals surface area contributed by atoms with Gasteiger partial charge in [-0.2, -0.15) is 0 Å². The molecule has 4 nitrogen and oxygen atoms in total. The first kappa shape index (κ1) is 10.7. The van der Waals surface area contributed by atoms with Gasteiger partial charge in [0, 0.05) is 12.0 Å². The first-order valence-corrected chi connectivity index (χ1v) is 6.15. The first-order valence-electron chi connectivity index (χ1n) is 6.15. The number of nitrogens with one attached hydrogen (secondary N) is 1. The zero-order valence-corrected chi connectivity index (χ0v) is 9.49. The van der Waals surface area contributed by atoms with Crippen LogP contribution in [0.15, 0.2) is 10.6 Å². The molecule has 2 fully saturated rings. The second-order valence-corrected chi connectivity index (χ2v) is 4.92. The summed E-state index contributed by atoms with van der Waals surface area (Å²) >= 11 is 0. The van der Waals surface area contributed by atoms with E-state index < -0.39 is 6.17 Å². The zero-order valence-electron chi connectivity index (χ0n) is 9.49. The lowest BCUT2D eigenvalue weighted by atomic mass is 10.2. The van der Waals surface area contributed by atoms with Gasteiger partial charge in [-0.15, -0.1) is 0 Å². The first-order chi connectivity index (χ1) is 8.24. The maximum Gasteiger partial charge on any atom is 0.273 e. The number of amides is 1. The Labute approximate surface area is 98.5 Å². The van der Waals surface area contributed by atoms with Crippen LogP contribution in [0.2, 0.25) is 0 Å². The predicted octanol–water partition coefficient (Wildman–Crippen LogP) is 2.17. The molecule has 0 aromatic carbocycles. The highest BCUT2D eigenvalue weighted by Gasteiger charge is 2.31. The van der Waals surface area contributed by atoms with Crippen molar-refractivity contribution in [1.82, 2.24) is 10.5 Å². The Morgan fingerprint density at radius 2 is 2.24 bits per heavy atom. The molecule has 2 aliphatic rings. The Hall–Kier alpha value is -1.39. The third-order valence-electron chi connectivity index (χ3n) is 3.49. The average Bonchev–Trinajstić information content (AvgIpc) is 2.91. The number of rotatable bonds is 3. The molecule has 1 amide bonds. The molecule has 1 aromatic rings. The van der Waals surface area contributed by atoms with Crippen molar-refractivity contribution in [3.8, 4) is 0 Å². The molecule has 0 bridgehead atoms. The van der Waals surface area contributed by atoms with Crippen LogP contribution in [0.1, 0.15) is 54.3 Å². The van der Waals surface area contributed by atoms with E-state index in [9.17, 15) is 9.18 Å². The van der Waals surface area contributed by atoms with Gasteiger partial charge in [0.2, 0.25) is 0 Å². The van der Waals surface area contributed by atoms with Crippen LogP contribution in [0.3, 0.4) is 0 Å². The van der Waals surface area contributed by atoms with Crippen molar-refractivity contribution < 1.29 is 13.7 Å². The van der Waals surface area contributed by atoms with Crippen LogP contribution in [0.5, 0.6) is 0 Å². The Morgan fingerprint density at radius 1 is 1.41 bits per heavy atom. The Kier molecular flexibility index (Phi) is 2.61. The molecule has 2 saturated carbocycles. The van der Waals surface area contributed by atoms with Crippen LogP contribution in [0.25, 0.3) is 0 Å². The van der Waals surface area contributed by atoms with Crippen molar-refractivity contribution in [2.45, 2.75) is 50.2 Å². The molecule has 17 heavy (non-hydrogen) atoms. The average molecular weight is 238 g/mol. The van der Waals surface area contributed by atoms with Crippen molar-refractivity contribution in [3.63, 3.8) is 0 Å². The number of carbonyl (C=O) groups excluding carboxylic acids is 1. The molecule has 5 heteroatoms. The molecule has 92 valence electrons. The summed E-state index contributed by atoms with van der Waals surface area (Å²) in [5.74, 6) is 0.887. The molecule has 3 rings (SSSR count). The number of nitrogens with zero attached hydrogens (tertiary/aromatic N) is 1. The van der Waals surface area contributed by atoms with E-state index in [0.717, 1.165) is 25.0 Å². The fourth-order valence-electron chi connectivity index (χ4n) is 2.28. The summed E-state index contributed by atoms with van der Waals surface area (Å²) < 4.78 is 18.4. The van der Waals surface area contributed by atoms with E-state index in [1.54, 1.807) is 6.07 Å². The number of hydrogen-bond acceptors (Lipinski definition) is 3. The highest BCUT2D eigenvalue weighted by atomic mass is 19.1. The number of aromatic nitrogens is 1. The van der Waals surface area contributed by atoms with Crippen LogP contribution in [-0.2, 0) is 0 Å². The van der Waals surface area contributed by atoms with Gasteiger partial charge in [0.05, 0.1) is 6.04 Å². The summed E-state index contributed by atoms with van der Waals surface area (Å²) in [7, 11) is 0. The third kappa shape index (κ3) is 2.18. The molecule has 2 atom stereocenters. The number of alkyl halides is 1. The largest absolute Gasteiger partial charge is 0.360 e. The molecule has 2 unspecified atom stereocenters. The van der Waals surface area contributed by atoms with E-state index in [-0.39, 0.29) is 17.6 Å². The fourth-order valence-corrected chi connectivity index (χ4v) is 2.28. The van der Waals surface area contributed by atoms with E-state index in [1.807, 2.05) is 0 Å². The summed E-state index contributed by atoms with van der Waals surface area (Å²) in [6, 6.07) is 1.32. The Bertz CT molecular complexity index is 428. The molecule has 1 N–H and O–H groups in total. The van der Waals surface area contributed by atoms with Crippen molar-refractivity contribution >= 4 is 5.91 Å². The summed E-state index contributed by atoms with van der Waals surface area (Å²) in [5.41, 5.74) is 0.269. The summed E-state index contributed by atoms with van der Waals surface area (Å²) in [5, 5.41) is 6.42. The monoisotopic (exact) mass is 238 g/mol. The van der Waals surface area contributed by atoms with Gasteiger partial charge in [-0.05, 0) is 32.1 Å². The minimum Gasteiger partial charge on any atom is -0.360 e. The van der Waals surface area contributed by atoms with Gasteiger partial charge in [0.1, 0.15) is 11.9 Å². The number of halogens is 1. The molecular weight excluding hydrogens is 223 g/mol. The predicted molar refractivity (Wildman–Crippen MR) is 58.5 cm³/mol. The van der Waals surface area contributed by atoms with E-state index in [0.29, 0.717) is 18.8 Å². The molecule has 0 spiro atoms. The number of hydrogen-bond donors (Lipinski definition) is 1. The highest BCUT2D eigenvalue weighted by molar-refractivity contribution is 5.92. The summed E-state index contributed by atoms with van der Waals surface area (Å²) in [4.78, 5) is 11.8. The fraction of sp³-hybridized carbons (Fsp3) is 0.667.